The first-order chi connectivity index (χ1) is 11.0. The molecule has 2 nitrogen and oxygen atoms in total. The molecule has 23 heavy (non-hydrogen) atoms. The molecule has 1 heterocycles. The van der Waals surface area contributed by atoms with Crippen LogP contribution in [0.3, 0.4) is 0 Å². The fourth-order valence-corrected chi connectivity index (χ4v) is 3.11. The first-order valence-corrected chi connectivity index (χ1v) is 8.14. The molecule has 0 amide bonds. The van der Waals surface area contributed by atoms with Gasteiger partial charge in [-0.25, -0.2) is 4.39 Å². The molecular weight excluding hydrogens is 336 g/mol. The van der Waals surface area contributed by atoms with Crippen LogP contribution in [0.15, 0.2) is 42.6 Å². The molecule has 0 bridgehead atoms. The number of hydrogen-bond donors (Lipinski definition) is 1. The second-order valence-electron chi connectivity index (χ2n) is 5.63. The van der Waals surface area contributed by atoms with Crippen LogP contribution < -0.4 is 10.1 Å². The number of nitrogens with one attached hydrogen (secondary N) is 1. The van der Waals surface area contributed by atoms with E-state index in [4.69, 9.17) is 27.9 Å². The van der Waals surface area contributed by atoms with Crippen LogP contribution >= 0.6 is 23.2 Å². The lowest BCUT2D eigenvalue weighted by Gasteiger charge is -2.25. The van der Waals surface area contributed by atoms with E-state index in [1.807, 2.05) is 38.2 Å². The number of rotatable bonds is 3. The van der Waals surface area contributed by atoms with Gasteiger partial charge in [0.2, 0.25) is 0 Å². The number of halogens is 3. The van der Waals surface area contributed by atoms with E-state index in [2.05, 4.69) is 5.32 Å². The molecule has 1 aliphatic heterocycles. The Bertz CT molecular complexity index is 774. The number of fused-ring (bicyclic) bond motifs is 1. The minimum absolute atomic E-state index is 0.0833. The molecule has 1 N–H and O–H groups in total. The van der Waals surface area contributed by atoms with E-state index in [9.17, 15) is 4.39 Å². The maximum atomic E-state index is 13.3. The van der Waals surface area contributed by atoms with Gasteiger partial charge in [-0.05, 0) is 49.7 Å². The summed E-state index contributed by atoms with van der Waals surface area (Å²) in [5.41, 5.74) is 3.13. The zero-order chi connectivity index (χ0) is 16.6. The second kappa shape index (κ2) is 6.42. The number of ether oxygens (including phenoxy) is 1. The van der Waals surface area contributed by atoms with Gasteiger partial charge >= 0.3 is 0 Å². The summed E-state index contributed by atoms with van der Waals surface area (Å²) in [4.78, 5) is 0. The second-order valence-corrected chi connectivity index (χ2v) is 6.47. The highest BCUT2D eigenvalue weighted by molar-refractivity contribution is 6.32. The van der Waals surface area contributed by atoms with E-state index in [0.717, 1.165) is 28.0 Å². The van der Waals surface area contributed by atoms with Gasteiger partial charge < -0.3 is 10.1 Å². The van der Waals surface area contributed by atoms with Gasteiger partial charge in [0.1, 0.15) is 17.1 Å². The smallest absolute Gasteiger partial charge is 0.127 e. The molecular formula is C18H16Cl2FNO. The Kier molecular flexibility index (Phi) is 4.51. The van der Waals surface area contributed by atoms with Crippen molar-refractivity contribution in [1.29, 1.82) is 0 Å². The molecule has 0 aromatic heterocycles. The number of hydrogen-bond acceptors (Lipinski definition) is 2. The molecule has 0 saturated carbocycles. The molecule has 0 radical (unpaired) electrons. The van der Waals surface area contributed by atoms with Gasteiger partial charge in [-0.15, -0.1) is 0 Å². The van der Waals surface area contributed by atoms with Gasteiger partial charge in [-0.2, -0.15) is 0 Å². The van der Waals surface area contributed by atoms with Crippen LogP contribution in [-0.2, 0) is 0 Å². The van der Waals surface area contributed by atoms with E-state index in [1.165, 1.54) is 12.1 Å². The molecule has 1 unspecified atom stereocenters. The predicted molar refractivity (Wildman–Crippen MR) is 92.4 cm³/mol. The standard InChI is InChI=1S/C18H16Cl2FNO/c1-10(2)23-12-4-6-13-15(8-12)18(20)22-9-16(13)14-5-3-11(21)7-17(14)19/h3-10,18,22H,1-2H3. The highest BCUT2D eigenvalue weighted by Crippen LogP contribution is 2.39. The lowest BCUT2D eigenvalue weighted by molar-refractivity contribution is 0.242. The molecule has 2 aromatic rings. The van der Waals surface area contributed by atoms with Crippen LogP contribution in [0.4, 0.5) is 4.39 Å². The summed E-state index contributed by atoms with van der Waals surface area (Å²) in [7, 11) is 0. The van der Waals surface area contributed by atoms with Crippen molar-refractivity contribution in [2.75, 3.05) is 0 Å². The zero-order valence-corrected chi connectivity index (χ0v) is 14.3. The Morgan fingerprint density at radius 3 is 2.57 bits per heavy atom. The Morgan fingerprint density at radius 2 is 1.87 bits per heavy atom. The average molecular weight is 352 g/mol. The van der Waals surface area contributed by atoms with Crippen molar-refractivity contribution in [2.24, 2.45) is 0 Å². The molecule has 0 fully saturated rings. The van der Waals surface area contributed by atoms with E-state index >= 15 is 0 Å². The van der Waals surface area contributed by atoms with Crippen molar-refractivity contribution < 1.29 is 9.13 Å². The van der Waals surface area contributed by atoms with Crippen molar-refractivity contribution in [1.82, 2.24) is 5.32 Å². The van der Waals surface area contributed by atoms with Crippen LogP contribution in [0, 0.1) is 5.82 Å². The summed E-state index contributed by atoms with van der Waals surface area (Å²) in [5.74, 6) is 0.400. The summed E-state index contributed by atoms with van der Waals surface area (Å²) in [6.07, 6.45) is 1.89. The molecule has 1 aliphatic rings. The summed E-state index contributed by atoms with van der Waals surface area (Å²) in [6.45, 7) is 3.94. The highest BCUT2D eigenvalue weighted by Gasteiger charge is 2.22. The average Bonchev–Trinajstić information content (AvgIpc) is 2.48. The van der Waals surface area contributed by atoms with E-state index in [0.29, 0.717) is 5.02 Å². The normalized spacial score (nSPS) is 16.6. The van der Waals surface area contributed by atoms with Gasteiger partial charge in [0.25, 0.3) is 0 Å². The summed E-state index contributed by atoms with van der Waals surface area (Å²) >= 11 is 12.6. The van der Waals surface area contributed by atoms with E-state index < -0.39 is 0 Å². The summed E-state index contributed by atoms with van der Waals surface area (Å²) < 4.78 is 19.0. The molecule has 0 saturated heterocycles. The van der Waals surface area contributed by atoms with E-state index in [-0.39, 0.29) is 17.4 Å². The SMILES string of the molecule is CC(C)Oc1ccc2c(c1)C(Cl)NC=C2c1ccc(F)cc1Cl. The van der Waals surface area contributed by atoms with Gasteiger partial charge in [0, 0.05) is 22.9 Å². The minimum atomic E-state index is -0.362. The molecule has 120 valence electrons. The van der Waals surface area contributed by atoms with Crippen LogP contribution in [0.2, 0.25) is 5.02 Å². The van der Waals surface area contributed by atoms with Crippen LogP contribution in [0.1, 0.15) is 36.0 Å². The Morgan fingerprint density at radius 1 is 1.13 bits per heavy atom. The van der Waals surface area contributed by atoms with Crippen molar-refractivity contribution in [3.05, 3.63) is 70.1 Å². The molecule has 0 aliphatic carbocycles. The summed E-state index contributed by atoms with van der Waals surface area (Å²) in [5, 5.41) is 3.47. The fourth-order valence-electron chi connectivity index (χ4n) is 2.60. The van der Waals surface area contributed by atoms with Crippen molar-refractivity contribution >= 4 is 28.8 Å². The molecule has 5 heteroatoms. The first-order valence-electron chi connectivity index (χ1n) is 7.32. The number of benzene rings is 2. The first kappa shape index (κ1) is 16.2. The van der Waals surface area contributed by atoms with Crippen molar-refractivity contribution in [3.8, 4) is 5.75 Å². The third kappa shape index (κ3) is 3.31. The summed E-state index contributed by atoms with van der Waals surface area (Å²) in [6, 6.07) is 10.1. The fraction of sp³-hybridized carbons (Fsp3) is 0.222. The van der Waals surface area contributed by atoms with Gasteiger partial charge in [0.15, 0.2) is 0 Å². The molecule has 3 rings (SSSR count). The topological polar surface area (TPSA) is 21.3 Å². The Hall–Kier alpha value is -1.71. The maximum absolute atomic E-state index is 13.3. The van der Waals surface area contributed by atoms with Gasteiger partial charge in [-0.3, -0.25) is 0 Å². The molecule has 1 atom stereocenters. The Labute approximate surface area is 144 Å². The van der Waals surface area contributed by atoms with Crippen molar-refractivity contribution in [2.45, 2.75) is 25.5 Å². The number of alkyl halides is 1. The third-order valence-electron chi connectivity index (χ3n) is 3.55. The monoisotopic (exact) mass is 351 g/mol. The van der Waals surface area contributed by atoms with Crippen LogP contribution in [-0.4, -0.2) is 6.10 Å². The largest absolute Gasteiger partial charge is 0.491 e. The highest BCUT2D eigenvalue weighted by atomic mass is 35.5. The third-order valence-corrected chi connectivity index (χ3v) is 4.23. The maximum Gasteiger partial charge on any atom is 0.127 e. The molecule has 0 spiro atoms. The predicted octanol–water partition coefficient (Wildman–Crippen LogP) is 5.50. The van der Waals surface area contributed by atoms with Gasteiger partial charge in [0.05, 0.1) is 11.1 Å². The molecule has 2 aromatic carbocycles. The van der Waals surface area contributed by atoms with Crippen molar-refractivity contribution in [3.63, 3.8) is 0 Å². The minimum Gasteiger partial charge on any atom is -0.491 e. The van der Waals surface area contributed by atoms with E-state index in [1.54, 1.807) is 6.07 Å². The lowest BCUT2D eigenvalue weighted by Crippen LogP contribution is -2.18. The van der Waals surface area contributed by atoms with Crippen LogP contribution in [0.5, 0.6) is 5.75 Å². The quantitative estimate of drug-likeness (QED) is 0.582. The lowest BCUT2D eigenvalue weighted by atomic mass is 9.92. The Balaban J connectivity index is 2.06. The van der Waals surface area contributed by atoms with Crippen LogP contribution in [0.25, 0.3) is 5.57 Å². The zero-order valence-electron chi connectivity index (χ0n) is 12.7. The van der Waals surface area contributed by atoms with Gasteiger partial charge in [-0.1, -0.05) is 29.3 Å².